The predicted molar refractivity (Wildman–Crippen MR) is 46.8 cm³/mol. The standard InChI is InChI=1S/C9H10F3NO2/c1-5(2)13-4-6(9(10,11)12)3-7(13)8(14)15/h3-5H,1-2H3,(H,14,15). The van der Waals surface area contributed by atoms with Gasteiger partial charge in [0.05, 0.1) is 5.56 Å². The molecule has 0 atom stereocenters. The normalized spacial score (nSPS) is 12.1. The lowest BCUT2D eigenvalue weighted by atomic mass is 10.3. The molecule has 0 bridgehead atoms. The molecule has 0 aliphatic heterocycles. The van der Waals surface area contributed by atoms with Crippen molar-refractivity contribution in [2.45, 2.75) is 26.1 Å². The Kier molecular flexibility index (Phi) is 2.79. The average Bonchev–Trinajstić information content (AvgIpc) is 2.45. The van der Waals surface area contributed by atoms with Gasteiger partial charge >= 0.3 is 12.1 Å². The molecule has 1 aromatic rings. The Balaban J connectivity index is 3.28. The van der Waals surface area contributed by atoms with Crippen LogP contribution in [0.3, 0.4) is 0 Å². The van der Waals surface area contributed by atoms with Crippen LogP contribution in [0, 0.1) is 0 Å². The third-order valence-electron chi connectivity index (χ3n) is 1.95. The summed E-state index contributed by atoms with van der Waals surface area (Å²) < 4.78 is 38.0. The molecular formula is C9H10F3NO2. The minimum absolute atomic E-state index is 0.327. The predicted octanol–water partition coefficient (Wildman–Crippen LogP) is 2.79. The van der Waals surface area contributed by atoms with Gasteiger partial charge in [0.2, 0.25) is 0 Å². The fourth-order valence-corrected chi connectivity index (χ4v) is 1.23. The SMILES string of the molecule is CC(C)n1cc(C(F)(F)F)cc1C(=O)O. The summed E-state index contributed by atoms with van der Waals surface area (Å²) in [4.78, 5) is 10.7. The molecule has 0 unspecified atom stereocenters. The van der Waals surface area contributed by atoms with Gasteiger partial charge in [-0.15, -0.1) is 0 Å². The second-order valence-corrected chi connectivity index (χ2v) is 3.42. The second kappa shape index (κ2) is 3.60. The number of aromatic nitrogens is 1. The lowest BCUT2D eigenvalue weighted by Gasteiger charge is -2.09. The molecule has 1 aromatic heterocycles. The Morgan fingerprint density at radius 3 is 2.27 bits per heavy atom. The third kappa shape index (κ3) is 2.31. The van der Waals surface area contributed by atoms with Crippen molar-refractivity contribution in [2.75, 3.05) is 0 Å². The maximum Gasteiger partial charge on any atom is 0.417 e. The van der Waals surface area contributed by atoms with E-state index in [4.69, 9.17) is 5.11 Å². The smallest absolute Gasteiger partial charge is 0.417 e. The Hall–Kier alpha value is -1.46. The van der Waals surface area contributed by atoms with Gasteiger partial charge in [-0.3, -0.25) is 0 Å². The highest BCUT2D eigenvalue weighted by atomic mass is 19.4. The van der Waals surface area contributed by atoms with Crippen LogP contribution in [-0.4, -0.2) is 15.6 Å². The van der Waals surface area contributed by atoms with Gasteiger partial charge in [0.25, 0.3) is 0 Å². The zero-order valence-corrected chi connectivity index (χ0v) is 8.17. The Bertz CT molecular complexity index is 379. The molecule has 1 N–H and O–H groups in total. The number of hydrogen-bond acceptors (Lipinski definition) is 1. The van der Waals surface area contributed by atoms with E-state index in [2.05, 4.69) is 0 Å². The lowest BCUT2D eigenvalue weighted by molar-refractivity contribution is -0.137. The minimum Gasteiger partial charge on any atom is -0.477 e. The van der Waals surface area contributed by atoms with E-state index in [1.807, 2.05) is 0 Å². The molecule has 0 aliphatic carbocycles. The number of carbonyl (C=O) groups is 1. The quantitative estimate of drug-likeness (QED) is 0.834. The largest absolute Gasteiger partial charge is 0.477 e. The fraction of sp³-hybridized carbons (Fsp3) is 0.444. The topological polar surface area (TPSA) is 42.2 Å². The van der Waals surface area contributed by atoms with Gasteiger partial charge in [0.1, 0.15) is 5.69 Å². The first-order valence-electron chi connectivity index (χ1n) is 4.26. The van der Waals surface area contributed by atoms with Crippen LogP contribution in [0.4, 0.5) is 13.2 Å². The van der Waals surface area contributed by atoms with Crippen LogP contribution in [0.1, 0.15) is 35.9 Å². The minimum atomic E-state index is -4.51. The maximum atomic E-state index is 12.3. The van der Waals surface area contributed by atoms with Gasteiger partial charge in [-0.2, -0.15) is 13.2 Å². The lowest BCUT2D eigenvalue weighted by Crippen LogP contribution is -2.09. The molecule has 0 aromatic carbocycles. The van der Waals surface area contributed by atoms with Gasteiger partial charge in [0.15, 0.2) is 0 Å². The summed E-state index contributed by atoms with van der Waals surface area (Å²) in [6.45, 7) is 3.24. The zero-order chi connectivity index (χ0) is 11.8. The van der Waals surface area contributed by atoms with Crippen molar-refractivity contribution in [1.82, 2.24) is 4.57 Å². The Labute approximate surface area is 84.1 Å². The van der Waals surface area contributed by atoms with Crippen molar-refractivity contribution in [1.29, 1.82) is 0 Å². The van der Waals surface area contributed by atoms with E-state index in [1.165, 1.54) is 0 Å². The van der Waals surface area contributed by atoms with Crippen LogP contribution < -0.4 is 0 Å². The summed E-state index contributed by atoms with van der Waals surface area (Å²) >= 11 is 0. The monoisotopic (exact) mass is 221 g/mol. The molecule has 3 nitrogen and oxygen atoms in total. The molecule has 0 saturated carbocycles. The summed E-state index contributed by atoms with van der Waals surface area (Å²) in [5, 5.41) is 8.71. The molecule has 0 aliphatic rings. The summed E-state index contributed by atoms with van der Waals surface area (Å²) in [5.41, 5.74) is -1.29. The second-order valence-electron chi connectivity index (χ2n) is 3.42. The number of alkyl halides is 3. The van der Waals surface area contributed by atoms with Gasteiger partial charge in [0, 0.05) is 12.2 Å². The van der Waals surface area contributed by atoms with Crippen LogP contribution in [-0.2, 0) is 6.18 Å². The van der Waals surface area contributed by atoms with E-state index >= 15 is 0 Å². The van der Waals surface area contributed by atoms with E-state index in [1.54, 1.807) is 13.8 Å². The summed E-state index contributed by atoms with van der Waals surface area (Å²) in [6, 6.07) is 0.315. The van der Waals surface area contributed by atoms with Crippen molar-refractivity contribution >= 4 is 5.97 Å². The third-order valence-corrected chi connectivity index (χ3v) is 1.95. The molecule has 1 heterocycles. The average molecular weight is 221 g/mol. The number of halogens is 3. The van der Waals surface area contributed by atoms with E-state index in [9.17, 15) is 18.0 Å². The molecular weight excluding hydrogens is 211 g/mol. The van der Waals surface area contributed by atoms with Crippen LogP contribution in [0.25, 0.3) is 0 Å². The molecule has 0 spiro atoms. The van der Waals surface area contributed by atoms with Gasteiger partial charge in [-0.1, -0.05) is 0 Å². The van der Waals surface area contributed by atoms with Crippen LogP contribution in [0.5, 0.6) is 0 Å². The van der Waals surface area contributed by atoms with Crippen molar-refractivity contribution in [3.63, 3.8) is 0 Å². The highest BCUT2D eigenvalue weighted by Gasteiger charge is 2.33. The Morgan fingerprint density at radius 2 is 2.00 bits per heavy atom. The molecule has 0 amide bonds. The summed E-state index contributed by atoms with van der Waals surface area (Å²) in [5.74, 6) is -1.36. The van der Waals surface area contributed by atoms with E-state index in [0.717, 1.165) is 10.8 Å². The van der Waals surface area contributed by atoms with Crippen LogP contribution >= 0.6 is 0 Å². The number of rotatable bonds is 2. The molecule has 0 radical (unpaired) electrons. The first-order valence-corrected chi connectivity index (χ1v) is 4.26. The summed E-state index contributed by atoms with van der Waals surface area (Å²) in [6.07, 6.45) is -3.70. The fourth-order valence-electron chi connectivity index (χ4n) is 1.23. The number of nitrogens with zero attached hydrogens (tertiary/aromatic N) is 1. The summed E-state index contributed by atoms with van der Waals surface area (Å²) in [7, 11) is 0. The zero-order valence-electron chi connectivity index (χ0n) is 8.17. The van der Waals surface area contributed by atoms with Gasteiger partial charge in [-0.25, -0.2) is 4.79 Å². The van der Waals surface area contributed by atoms with Gasteiger partial charge in [-0.05, 0) is 19.9 Å². The number of hydrogen-bond donors (Lipinski definition) is 1. The molecule has 6 heteroatoms. The first-order chi connectivity index (χ1) is 6.73. The number of carboxylic acids is 1. The van der Waals surface area contributed by atoms with E-state index in [0.29, 0.717) is 6.07 Å². The Morgan fingerprint density at radius 1 is 1.47 bits per heavy atom. The molecule has 1 rings (SSSR count). The molecule has 84 valence electrons. The first kappa shape index (κ1) is 11.6. The van der Waals surface area contributed by atoms with Crippen molar-refractivity contribution in [3.8, 4) is 0 Å². The van der Waals surface area contributed by atoms with Crippen LogP contribution in [0.15, 0.2) is 12.3 Å². The molecule has 15 heavy (non-hydrogen) atoms. The van der Waals surface area contributed by atoms with Crippen molar-refractivity contribution in [3.05, 3.63) is 23.5 Å². The number of carboxylic acid groups (broad SMARTS) is 1. The van der Waals surface area contributed by atoms with Crippen LogP contribution in [0.2, 0.25) is 0 Å². The number of aromatic carboxylic acids is 1. The van der Waals surface area contributed by atoms with E-state index < -0.39 is 17.7 Å². The van der Waals surface area contributed by atoms with Gasteiger partial charge < -0.3 is 9.67 Å². The molecule has 0 fully saturated rings. The molecule has 0 saturated heterocycles. The van der Waals surface area contributed by atoms with Crippen molar-refractivity contribution < 1.29 is 23.1 Å². The van der Waals surface area contributed by atoms with E-state index in [-0.39, 0.29) is 11.7 Å². The van der Waals surface area contributed by atoms with Crippen molar-refractivity contribution in [2.24, 2.45) is 0 Å². The highest BCUT2D eigenvalue weighted by Crippen LogP contribution is 2.31. The maximum absolute atomic E-state index is 12.3. The highest BCUT2D eigenvalue weighted by molar-refractivity contribution is 5.86.